The van der Waals surface area contributed by atoms with Crippen LogP contribution in [0.1, 0.15) is 75.2 Å². The second-order valence-electron chi connectivity index (χ2n) is 17.9. The highest BCUT2D eigenvalue weighted by Gasteiger charge is 2.25. The summed E-state index contributed by atoms with van der Waals surface area (Å²) in [6.45, 7) is 10.7. The van der Waals surface area contributed by atoms with Crippen molar-refractivity contribution in [1.82, 2.24) is 0 Å². The van der Waals surface area contributed by atoms with Crippen LogP contribution in [0.25, 0.3) is 11.1 Å². The summed E-state index contributed by atoms with van der Waals surface area (Å²) in [4.78, 5) is 43.6. The minimum Gasteiger partial charge on any atom is -0.493 e. The maximum atomic E-state index is 13.0. The van der Waals surface area contributed by atoms with Gasteiger partial charge < -0.3 is 28.9 Å². The van der Waals surface area contributed by atoms with Crippen molar-refractivity contribution >= 4 is 58.0 Å². The van der Waals surface area contributed by atoms with Crippen LogP contribution in [0.2, 0.25) is 0 Å². The first kappa shape index (κ1) is 51.2. The van der Waals surface area contributed by atoms with Crippen LogP contribution in [-0.2, 0) is 19.1 Å². The molecule has 0 aliphatic rings. The number of aldehydes is 1. The maximum absolute atomic E-state index is 13.0. The second-order valence-corrected chi connectivity index (χ2v) is 17.9. The monoisotopic (exact) mass is 950 g/mol. The molecule has 0 aliphatic heterocycles. The number of carbonyl (C=O) groups excluding carboxylic acids is 3. The fourth-order valence-corrected chi connectivity index (χ4v) is 8.74. The van der Waals surface area contributed by atoms with Crippen molar-refractivity contribution in [3.8, 4) is 16.9 Å². The molecule has 9 heteroatoms. The lowest BCUT2D eigenvalue weighted by atomic mass is 9.94. The van der Waals surface area contributed by atoms with E-state index >= 15 is 0 Å². The topological polar surface area (TPSA) is 88.6 Å². The number of hydrogen-bond acceptors (Lipinski definition) is 9. The third-order valence-electron chi connectivity index (χ3n) is 12.7. The van der Waals surface area contributed by atoms with Gasteiger partial charge in [0, 0.05) is 64.9 Å². The van der Waals surface area contributed by atoms with Crippen LogP contribution in [0.4, 0.5) is 39.8 Å². The molecular weight excluding hydrogens is 883 g/mol. The van der Waals surface area contributed by atoms with E-state index in [1.54, 1.807) is 0 Å². The summed E-state index contributed by atoms with van der Waals surface area (Å²) in [6.07, 6.45) is 5.01. The summed E-state index contributed by atoms with van der Waals surface area (Å²) in [5.74, 6) is -0.651. The van der Waals surface area contributed by atoms with Crippen molar-refractivity contribution in [3.05, 3.63) is 193 Å². The molecular formula is C62H67N3O6. The highest BCUT2D eigenvalue weighted by Crippen LogP contribution is 2.38. The number of nitrogens with zero attached hydrogens (tertiary/aromatic N) is 3. The van der Waals surface area contributed by atoms with Gasteiger partial charge in [-0.1, -0.05) is 86.6 Å². The van der Waals surface area contributed by atoms with Crippen LogP contribution >= 0.6 is 0 Å². The highest BCUT2D eigenvalue weighted by atomic mass is 16.5. The Hall–Kier alpha value is -7.65. The summed E-state index contributed by atoms with van der Waals surface area (Å²) >= 11 is 0. The minimum absolute atomic E-state index is 0.229. The Morgan fingerprint density at radius 2 is 1.03 bits per heavy atom. The molecule has 0 aromatic heterocycles. The SMILES string of the molecule is CCC(CC(C)C(=O)OCCCCCN(CC)c1ccc(C=O)cc1)C(=O)OCCCOc1ccc(N(c2ccc(-c3ccc(N(c4ccccc4)c4ccccc4)cc3)cc2)c2cccc(C)c2)cc1. The van der Waals surface area contributed by atoms with Gasteiger partial charge in [0.05, 0.1) is 31.7 Å². The smallest absolute Gasteiger partial charge is 0.308 e. The van der Waals surface area contributed by atoms with E-state index in [9.17, 15) is 14.4 Å². The Morgan fingerprint density at radius 1 is 0.521 bits per heavy atom. The molecule has 0 fully saturated rings. The molecule has 7 rings (SSSR count). The number of anilines is 7. The third kappa shape index (κ3) is 14.5. The minimum atomic E-state index is -0.411. The Labute approximate surface area is 420 Å². The first-order chi connectivity index (χ1) is 34.7. The molecule has 2 unspecified atom stereocenters. The van der Waals surface area contributed by atoms with Crippen LogP contribution in [-0.4, -0.2) is 51.1 Å². The van der Waals surface area contributed by atoms with Gasteiger partial charge >= 0.3 is 11.9 Å². The Bertz CT molecular complexity index is 2670. The lowest BCUT2D eigenvalue weighted by Gasteiger charge is -2.26. The molecule has 7 aromatic rings. The van der Waals surface area contributed by atoms with Crippen LogP contribution < -0.4 is 19.4 Å². The van der Waals surface area contributed by atoms with Crippen molar-refractivity contribution in [2.45, 2.75) is 66.2 Å². The van der Waals surface area contributed by atoms with Crippen LogP contribution in [0, 0.1) is 18.8 Å². The van der Waals surface area contributed by atoms with E-state index in [0.717, 1.165) is 95.3 Å². The lowest BCUT2D eigenvalue weighted by molar-refractivity contribution is -0.152. The summed E-state index contributed by atoms with van der Waals surface area (Å²) < 4.78 is 17.3. The number of benzene rings is 7. The average molecular weight is 950 g/mol. The largest absolute Gasteiger partial charge is 0.493 e. The summed E-state index contributed by atoms with van der Waals surface area (Å²) in [6, 6.07) is 62.4. The third-order valence-corrected chi connectivity index (χ3v) is 12.7. The van der Waals surface area contributed by atoms with Gasteiger partial charge in [-0.3, -0.25) is 14.4 Å². The van der Waals surface area contributed by atoms with E-state index in [0.29, 0.717) is 38.0 Å². The van der Waals surface area contributed by atoms with Gasteiger partial charge in [0.1, 0.15) is 12.0 Å². The Balaban J connectivity index is 0.863. The summed E-state index contributed by atoms with van der Waals surface area (Å²) in [5.41, 5.74) is 11.6. The van der Waals surface area contributed by atoms with Crippen LogP contribution in [0.3, 0.4) is 0 Å². The highest BCUT2D eigenvalue weighted by molar-refractivity contribution is 5.81. The fourth-order valence-electron chi connectivity index (χ4n) is 8.74. The number of aryl methyl sites for hydroxylation is 1. The van der Waals surface area contributed by atoms with Gasteiger partial charge in [0.15, 0.2) is 0 Å². The number of hydrogen-bond donors (Lipinski definition) is 0. The molecule has 2 atom stereocenters. The van der Waals surface area contributed by atoms with E-state index in [1.165, 1.54) is 5.56 Å². The molecule has 0 spiro atoms. The lowest BCUT2D eigenvalue weighted by Crippen LogP contribution is -2.25. The van der Waals surface area contributed by atoms with Crippen LogP contribution in [0.5, 0.6) is 5.75 Å². The van der Waals surface area contributed by atoms with Gasteiger partial charge in [0.2, 0.25) is 0 Å². The first-order valence-electron chi connectivity index (χ1n) is 25.1. The predicted octanol–water partition coefficient (Wildman–Crippen LogP) is 15.0. The van der Waals surface area contributed by atoms with E-state index in [1.807, 2.05) is 62.4 Å². The molecule has 0 heterocycles. The fraction of sp³-hybridized carbons (Fsp3) is 0.274. The maximum Gasteiger partial charge on any atom is 0.308 e. The van der Waals surface area contributed by atoms with Crippen molar-refractivity contribution in [2.75, 3.05) is 47.6 Å². The first-order valence-corrected chi connectivity index (χ1v) is 25.1. The zero-order valence-electron chi connectivity index (χ0n) is 41.6. The number of carbonyl (C=O) groups is 3. The summed E-state index contributed by atoms with van der Waals surface area (Å²) in [7, 11) is 0. The standard InChI is InChI=1S/C62H67N3O6/c1-5-50(45-48(4)61(67)70-41-15-9-14-40-63(6-2)53-30-24-49(46-66)25-31-53)62(68)71-43-17-42-69-60-38-36-58(37-39-60)65(59-23-16-18-47(3)44-59)57-34-28-52(29-35-57)51-26-32-56(33-27-51)64(54-19-10-7-11-20-54)55-21-12-8-13-22-55/h7-8,10-13,16,18-39,44,46,48,50H,5-6,9,14-15,17,40-43,45H2,1-4H3. The van der Waals surface area contributed by atoms with Crippen molar-refractivity contribution in [2.24, 2.45) is 11.8 Å². The quantitative estimate of drug-likeness (QED) is 0.0299. The van der Waals surface area contributed by atoms with Crippen molar-refractivity contribution < 1.29 is 28.6 Å². The van der Waals surface area contributed by atoms with Gasteiger partial charge in [-0.05, 0) is 172 Å². The molecule has 0 amide bonds. The molecule has 7 aromatic carbocycles. The molecule has 0 aliphatic carbocycles. The Morgan fingerprint density at radius 3 is 1.58 bits per heavy atom. The molecule has 0 N–H and O–H groups in total. The predicted molar refractivity (Wildman–Crippen MR) is 289 cm³/mol. The normalized spacial score (nSPS) is 11.8. The molecule has 366 valence electrons. The molecule has 9 nitrogen and oxygen atoms in total. The molecule has 0 bridgehead atoms. The summed E-state index contributed by atoms with van der Waals surface area (Å²) in [5, 5.41) is 0. The second kappa shape index (κ2) is 26.4. The van der Waals surface area contributed by atoms with E-state index in [-0.39, 0.29) is 24.5 Å². The van der Waals surface area contributed by atoms with Gasteiger partial charge in [-0.2, -0.15) is 0 Å². The van der Waals surface area contributed by atoms with E-state index in [2.05, 4.69) is 162 Å². The number of rotatable bonds is 26. The number of ether oxygens (including phenoxy) is 3. The van der Waals surface area contributed by atoms with Crippen LogP contribution in [0.15, 0.2) is 182 Å². The van der Waals surface area contributed by atoms with E-state index < -0.39 is 5.92 Å². The number of para-hydroxylation sites is 2. The van der Waals surface area contributed by atoms with Gasteiger partial charge in [-0.15, -0.1) is 0 Å². The van der Waals surface area contributed by atoms with Crippen molar-refractivity contribution in [3.63, 3.8) is 0 Å². The Kier molecular flexibility index (Phi) is 19.0. The zero-order valence-corrected chi connectivity index (χ0v) is 41.6. The molecule has 0 saturated heterocycles. The molecule has 71 heavy (non-hydrogen) atoms. The number of esters is 2. The molecule has 0 saturated carbocycles. The molecule has 0 radical (unpaired) electrons. The van der Waals surface area contributed by atoms with Gasteiger partial charge in [-0.25, -0.2) is 0 Å². The van der Waals surface area contributed by atoms with E-state index in [4.69, 9.17) is 14.2 Å². The number of unbranched alkanes of at least 4 members (excludes halogenated alkanes) is 2. The average Bonchev–Trinajstić information content (AvgIpc) is 3.41. The zero-order chi connectivity index (χ0) is 49.8. The van der Waals surface area contributed by atoms with Crippen molar-refractivity contribution in [1.29, 1.82) is 0 Å². The van der Waals surface area contributed by atoms with Gasteiger partial charge in [0.25, 0.3) is 0 Å².